The zero-order valence-electron chi connectivity index (χ0n) is 15.2. The van der Waals surface area contributed by atoms with Crippen molar-refractivity contribution in [1.82, 2.24) is 0 Å². The number of allylic oxidation sites excluding steroid dienone is 5. The Balaban J connectivity index is -0.000000113. The number of rotatable bonds is 4. The maximum absolute atomic E-state index is 3.73. The van der Waals surface area contributed by atoms with E-state index >= 15 is 0 Å². The maximum Gasteiger partial charge on any atom is -0.0277 e. The fourth-order valence-corrected chi connectivity index (χ4v) is 1.25. The van der Waals surface area contributed by atoms with Gasteiger partial charge in [0, 0.05) is 0 Å². The first-order valence-corrected chi connectivity index (χ1v) is 7.74. The second-order valence-corrected chi connectivity index (χ2v) is 5.20. The van der Waals surface area contributed by atoms with Gasteiger partial charge in [-0.2, -0.15) is 0 Å². The molecular weight excluding hydrogens is 240 g/mol. The molecule has 0 aromatic heterocycles. The molecule has 0 saturated heterocycles. The third-order valence-electron chi connectivity index (χ3n) is 3.50. The standard InChI is InChI=1S/C10H16.C7H16.C2H6.CH4/c1-6-10(7-2)9(5)8(3)4;1-5-7(4)6(2)3;1-2;/h6-7H,1H2,2-5H3;6-7H,5H2,1-4H3;1-2H3;1H4/b10-7-;;;. The largest absolute Gasteiger partial charge is 0.0985 e. The SMILES string of the molecule is C.C=C/C(=C/C)C(C)=C(C)C.CC.CCC(C)C(C)C. The minimum Gasteiger partial charge on any atom is -0.0985 e. The Morgan fingerprint density at radius 2 is 1.45 bits per heavy atom. The molecule has 122 valence electrons. The Hall–Kier alpha value is -0.780. The smallest absolute Gasteiger partial charge is 0.0277 e. The van der Waals surface area contributed by atoms with Gasteiger partial charge in [0.15, 0.2) is 0 Å². The molecule has 1 atom stereocenters. The molecule has 1 unspecified atom stereocenters. The molecule has 0 aromatic rings. The molecule has 0 rings (SSSR count). The second kappa shape index (κ2) is 18.2. The van der Waals surface area contributed by atoms with E-state index in [0.717, 1.165) is 11.8 Å². The first-order chi connectivity index (χ1) is 8.81. The summed E-state index contributed by atoms with van der Waals surface area (Å²) < 4.78 is 0. The van der Waals surface area contributed by atoms with Gasteiger partial charge < -0.3 is 0 Å². The normalized spacial score (nSPS) is 11.1. The zero-order chi connectivity index (χ0) is 16.0. The summed E-state index contributed by atoms with van der Waals surface area (Å²) in [4.78, 5) is 0. The Morgan fingerprint density at radius 1 is 1.05 bits per heavy atom. The highest BCUT2D eigenvalue weighted by atomic mass is 14.1. The zero-order valence-corrected chi connectivity index (χ0v) is 15.2. The average Bonchev–Trinajstić information content (AvgIpc) is 2.41. The number of hydrogen-bond acceptors (Lipinski definition) is 0. The van der Waals surface area contributed by atoms with Crippen molar-refractivity contribution in [3.05, 3.63) is 35.5 Å². The Morgan fingerprint density at radius 3 is 1.50 bits per heavy atom. The molecule has 0 fully saturated rings. The van der Waals surface area contributed by atoms with Gasteiger partial charge in [0.25, 0.3) is 0 Å². The Bertz CT molecular complexity index is 260. The molecule has 0 nitrogen and oxygen atoms in total. The van der Waals surface area contributed by atoms with Crippen LogP contribution in [0.3, 0.4) is 0 Å². The molecule has 0 heteroatoms. The molecule has 0 saturated carbocycles. The third kappa shape index (κ3) is 15.3. The Labute approximate surface area is 131 Å². The van der Waals surface area contributed by atoms with E-state index in [2.05, 4.69) is 61.1 Å². The maximum atomic E-state index is 3.73. The van der Waals surface area contributed by atoms with Crippen LogP contribution in [-0.2, 0) is 0 Å². The minimum absolute atomic E-state index is 0. The van der Waals surface area contributed by atoms with Gasteiger partial charge in [0.1, 0.15) is 0 Å². The highest BCUT2D eigenvalue weighted by molar-refractivity contribution is 5.38. The van der Waals surface area contributed by atoms with E-state index in [-0.39, 0.29) is 7.43 Å². The molecule has 0 spiro atoms. The van der Waals surface area contributed by atoms with Gasteiger partial charge >= 0.3 is 0 Å². The molecule has 0 radical (unpaired) electrons. The van der Waals surface area contributed by atoms with Gasteiger partial charge in [-0.15, -0.1) is 0 Å². The molecule has 0 aliphatic rings. The van der Waals surface area contributed by atoms with Crippen LogP contribution in [0.15, 0.2) is 35.5 Å². The molecule has 0 aliphatic heterocycles. The van der Waals surface area contributed by atoms with Gasteiger partial charge in [-0.05, 0) is 50.7 Å². The monoisotopic (exact) mass is 282 g/mol. The predicted molar refractivity (Wildman–Crippen MR) is 100 cm³/mol. The fourth-order valence-electron chi connectivity index (χ4n) is 1.25. The van der Waals surface area contributed by atoms with Crippen LogP contribution in [0.4, 0.5) is 0 Å². The van der Waals surface area contributed by atoms with Gasteiger partial charge in [0.05, 0.1) is 0 Å². The van der Waals surface area contributed by atoms with Gasteiger partial charge in [-0.1, -0.05) is 79.7 Å². The van der Waals surface area contributed by atoms with Crippen LogP contribution in [0.25, 0.3) is 0 Å². The predicted octanol–water partition coefficient (Wildman–Crippen LogP) is 7.83. The topological polar surface area (TPSA) is 0 Å². The van der Waals surface area contributed by atoms with Gasteiger partial charge in [-0.3, -0.25) is 0 Å². The summed E-state index contributed by atoms with van der Waals surface area (Å²) in [6, 6.07) is 0. The van der Waals surface area contributed by atoms with Crippen LogP contribution < -0.4 is 0 Å². The third-order valence-corrected chi connectivity index (χ3v) is 3.50. The van der Waals surface area contributed by atoms with Gasteiger partial charge in [-0.25, -0.2) is 0 Å². The van der Waals surface area contributed by atoms with Crippen molar-refractivity contribution in [2.75, 3.05) is 0 Å². The van der Waals surface area contributed by atoms with Crippen molar-refractivity contribution in [1.29, 1.82) is 0 Å². The highest BCUT2D eigenvalue weighted by Crippen LogP contribution is 2.14. The summed E-state index contributed by atoms with van der Waals surface area (Å²) in [5.74, 6) is 1.77. The molecule has 0 N–H and O–H groups in total. The van der Waals surface area contributed by atoms with E-state index in [1.54, 1.807) is 0 Å². The summed E-state index contributed by atoms with van der Waals surface area (Å²) in [7, 11) is 0. The molecule has 0 heterocycles. The van der Waals surface area contributed by atoms with Crippen molar-refractivity contribution in [3.8, 4) is 0 Å². The van der Waals surface area contributed by atoms with E-state index in [1.807, 2.05) is 26.8 Å². The summed E-state index contributed by atoms with van der Waals surface area (Å²) in [6.45, 7) is 25.2. The first-order valence-electron chi connectivity index (χ1n) is 7.74. The van der Waals surface area contributed by atoms with Crippen LogP contribution in [0.2, 0.25) is 0 Å². The van der Waals surface area contributed by atoms with E-state index in [9.17, 15) is 0 Å². The summed E-state index contributed by atoms with van der Waals surface area (Å²) in [5.41, 5.74) is 3.92. The van der Waals surface area contributed by atoms with Crippen molar-refractivity contribution in [2.45, 2.75) is 83.1 Å². The Kier molecular flexibility index (Phi) is 25.1. The van der Waals surface area contributed by atoms with E-state index in [1.165, 1.54) is 23.1 Å². The van der Waals surface area contributed by atoms with Gasteiger partial charge in [0.2, 0.25) is 0 Å². The second-order valence-electron chi connectivity index (χ2n) is 5.20. The van der Waals surface area contributed by atoms with Crippen LogP contribution >= 0.6 is 0 Å². The first kappa shape index (κ1) is 27.5. The molecular formula is C20H42. The minimum atomic E-state index is 0. The fraction of sp³-hybridized carbons (Fsp3) is 0.700. The lowest BCUT2D eigenvalue weighted by Gasteiger charge is -2.10. The van der Waals surface area contributed by atoms with Crippen LogP contribution in [0.5, 0.6) is 0 Å². The summed E-state index contributed by atoms with van der Waals surface area (Å²) in [6.07, 6.45) is 5.29. The quantitative estimate of drug-likeness (QED) is 0.461. The van der Waals surface area contributed by atoms with Crippen LogP contribution in [0.1, 0.15) is 83.1 Å². The number of hydrogen-bond donors (Lipinski definition) is 0. The van der Waals surface area contributed by atoms with Crippen LogP contribution in [-0.4, -0.2) is 0 Å². The molecule has 20 heavy (non-hydrogen) atoms. The lowest BCUT2D eigenvalue weighted by atomic mass is 9.96. The molecule has 0 bridgehead atoms. The molecule has 0 aliphatic carbocycles. The van der Waals surface area contributed by atoms with Crippen LogP contribution in [0, 0.1) is 11.8 Å². The highest BCUT2D eigenvalue weighted by Gasteiger charge is 2.01. The average molecular weight is 283 g/mol. The lowest BCUT2D eigenvalue weighted by Crippen LogP contribution is -2.00. The van der Waals surface area contributed by atoms with Crippen molar-refractivity contribution in [2.24, 2.45) is 11.8 Å². The van der Waals surface area contributed by atoms with Crippen molar-refractivity contribution >= 4 is 0 Å². The lowest BCUT2D eigenvalue weighted by molar-refractivity contribution is 0.407. The van der Waals surface area contributed by atoms with E-state index < -0.39 is 0 Å². The van der Waals surface area contributed by atoms with Crippen molar-refractivity contribution < 1.29 is 0 Å². The van der Waals surface area contributed by atoms with E-state index in [4.69, 9.17) is 0 Å². The summed E-state index contributed by atoms with van der Waals surface area (Å²) >= 11 is 0. The molecule has 0 aromatic carbocycles. The molecule has 0 amide bonds. The van der Waals surface area contributed by atoms with E-state index in [0.29, 0.717) is 0 Å². The van der Waals surface area contributed by atoms with Crippen molar-refractivity contribution in [3.63, 3.8) is 0 Å². The summed E-state index contributed by atoms with van der Waals surface area (Å²) in [5, 5.41) is 0.